The van der Waals surface area contributed by atoms with E-state index in [-0.39, 0.29) is 23.0 Å². The summed E-state index contributed by atoms with van der Waals surface area (Å²) in [6, 6.07) is 17.7. The zero-order chi connectivity index (χ0) is 21.6. The molecule has 3 rings (SSSR count). The highest BCUT2D eigenvalue weighted by molar-refractivity contribution is 8.13. The number of aromatic nitrogens is 1. The number of Topliss-reactive ketones (excluding diaryl/α,β-unsaturated/α-hetero) is 1. The lowest BCUT2D eigenvalue weighted by Gasteiger charge is -2.18. The van der Waals surface area contributed by atoms with Crippen molar-refractivity contribution in [2.75, 3.05) is 0 Å². The van der Waals surface area contributed by atoms with Gasteiger partial charge in [-0.15, -0.1) is 0 Å². The third kappa shape index (κ3) is 5.98. The number of rotatable bonds is 8. The van der Waals surface area contributed by atoms with Gasteiger partial charge in [-0.25, -0.2) is 8.42 Å². The smallest absolute Gasteiger partial charge is 0.261 e. The molecule has 8 heteroatoms. The first-order chi connectivity index (χ1) is 14.3. The first-order valence-corrected chi connectivity index (χ1v) is 11.4. The summed E-state index contributed by atoms with van der Waals surface area (Å²) in [6.45, 7) is 0. The fourth-order valence-electron chi connectivity index (χ4n) is 2.93. The minimum Gasteiger partial charge on any atom is -0.342 e. The Morgan fingerprint density at radius 3 is 2.23 bits per heavy atom. The molecule has 154 valence electrons. The van der Waals surface area contributed by atoms with E-state index in [2.05, 4.69) is 10.3 Å². The van der Waals surface area contributed by atoms with Gasteiger partial charge in [0.05, 0.1) is 16.5 Å². The van der Waals surface area contributed by atoms with Crippen LogP contribution in [0.3, 0.4) is 0 Å². The van der Waals surface area contributed by atoms with Crippen LogP contribution in [0.4, 0.5) is 0 Å². The summed E-state index contributed by atoms with van der Waals surface area (Å²) in [5, 5.41) is 2.79. The van der Waals surface area contributed by atoms with Gasteiger partial charge in [0.1, 0.15) is 0 Å². The summed E-state index contributed by atoms with van der Waals surface area (Å²) in [5.41, 5.74) is 1.89. The number of amides is 1. The van der Waals surface area contributed by atoms with Gasteiger partial charge in [0.15, 0.2) is 5.78 Å². The molecule has 1 amide bonds. The Morgan fingerprint density at radius 1 is 0.933 bits per heavy atom. The van der Waals surface area contributed by atoms with Gasteiger partial charge in [-0.2, -0.15) is 0 Å². The number of halogens is 1. The maximum absolute atomic E-state index is 13.0. The molecule has 0 bridgehead atoms. The van der Waals surface area contributed by atoms with Gasteiger partial charge in [0.2, 0.25) is 0 Å². The van der Waals surface area contributed by atoms with E-state index in [1.54, 1.807) is 18.3 Å². The van der Waals surface area contributed by atoms with E-state index >= 15 is 0 Å². The number of benzene rings is 2. The molecule has 0 fully saturated rings. The molecular formula is C22H19ClN2O4S. The van der Waals surface area contributed by atoms with Crippen LogP contribution in [0.25, 0.3) is 0 Å². The molecule has 1 aromatic heterocycles. The van der Waals surface area contributed by atoms with Crippen molar-refractivity contribution in [3.05, 3.63) is 95.8 Å². The Labute approximate surface area is 179 Å². The molecule has 0 saturated heterocycles. The second-order valence-corrected chi connectivity index (χ2v) is 9.25. The molecule has 1 atom stereocenters. The van der Waals surface area contributed by atoms with Crippen molar-refractivity contribution in [2.45, 2.75) is 23.8 Å². The Morgan fingerprint density at radius 2 is 1.63 bits per heavy atom. The first kappa shape index (κ1) is 21.7. The van der Waals surface area contributed by atoms with Crippen molar-refractivity contribution in [3.8, 4) is 0 Å². The average Bonchev–Trinajstić information content (AvgIpc) is 2.74. The third-order valence-electron chi connectivity index (χ3n) is 4.48. The van der Waals surface area contributed by atoms with Gasteiger partial charge in [-0.05, 0) is 41.8 Å². The molecule has 0 aliphatic heterocycles. The minimum atomic E-state index is -3.83. The number of ketones is 1. The van der Waals surface area contributed by atoms with Crippen molar-refractivity contribution >= 4 is 31.4 Å². The summed E-state index contributed by atoms with van der Waals surface area (Å²) >= 11 is 0. The van der Waals surface area contributed by atoms with Gasteiger partial charge in [0, 0.05) is 29.5 Å². The monoisotopic (exact) mass is 442 g/mol. The molecule has 6 nitrogen and oxygen atoms in total. The van der Waals surface area contributed by atoms with Crippen LogP contribution in [-0.4, -0.2) is 31.1 Å². The minimum absolute atomic E-state index is 0.0352. The van der Waals surface area contributed by atoms with E-state index in [4.69, 9.17) is 10.7 Å². The second-order valence-electron chi connectivity index (χ2n) is 6.68. The lowest BCUT2D eigenvalue weighted by Crippen LogP contribution is -2.43. The number of nitrogens with zero attached hydrogens (tertiary/aromatic N) is 1. The van der Waals surface area contributed by atoms with Gasteiger partial charge >= 0.3 is 0 Å². The molecule has 30 heavy (non-hydrogen) atoms. The summed E-state index contributed by atoms with van der Waals surface area (Å²) in [5.74, 6) is -0.585. The molecule has 0 aliphatic carbocycles. The van der Waals surface area contributed by atoms with Crippen LogP contribution in [0, 0.1) is 0 Å². The van der Waals surface area contributed by atoms with E-state index in [0.717, 1.165) is 5.56 Å². The van der Waals surface area contributed by atoms with E-state index in [1.165, 1.54) is 30.5 Å². The average molecular weight is 443 g/mol. The van der Waals surface area contributed by atoms with Crippen LogP contribution in [0.15, 0.2) is 84.0 Å². The van der Waals surface area contributed by atoms with Gasteiger partial charge < -0.3 is 5.32 Å². The Balaban J connectivity index is 1.78. The molecule has 1 heterocycles. The van der Waals surface area contributed by atoms with Crippen LogP contribution < -0.4 is 5.32 Å². The first-order valence-electron chi connectivity index (χ1n) is 9.14. The standard InChI is InChI=1S/C22H19ClN2O4S/c23-30(28,29)19-10-8-17(9-11-19)14-21(26)20(13-16-5-2-1-3-6-16)25-22(27)18-7-4-12-24-15-18/h1-12,15,20H,13-14H2,(H,25,27)/t20-/m0/s1. The highest BCUT2D eigenvalue weighted by atomic mass is 35.7. The second kappa shape index (κ2) is 9.65. The van der Waals surface area contributed by atoms with E-state index in [9.17, 15) is 18.0 Å². The number of carbonyl (C=O) groups is 2. The maximum Gasteiger partial charge on any atom is 0.261 e. The Bertz CT molecular complexity index is 1120. The fraction of sp³-hybridized carbons (Fsp3) is 0.136. The van der Waals surface area contributed by atoms with Crippen LogP contribution in [0.1, 0.15) is 21.5 Å². The topological polar surface area (TPSA) is 93.2 Å². The molecule has 0 aliphatic rings. The van der Waals surface area contributed by atoms with Gasteiger partial charge in [0.25, 0.3) is 15.0 Å². The Kier molecular flexibility index (Phi) is 6.97. The summed E-state index contributed by atoms with van der Waals surface area (Å²) in [4.78, 5) is 29.5. The zero-order valence-electron chi connectivity index (χ0n) is 15.9. The molecule has 0 radical (unpaired) electrons. The van der Waals surface area contributed by atoms with Crippen molar-refractivity contribution in [1.29, 1.82) is 0 Å². The predicted molar refractivity (Wildman–Crippen MR) is 114 cm³/mol. The Hall–Kier alpha value is -3.03. The summed E-state index contributed by atoms with van der Waals surface area (Å²) < 4.78 is 22.8. The van der Waals surface area contributed by atoms with Crippen LogP contribution >= 0.6 is 10.7 Å². The molecule has 0 saturated carbocycles. The lowest BCUT2D eigenvalue weighted by molar-refractivity contribution is -0.120. The predicted octanol–water partition coefficient (Wildman–Crippen LogP) is 3.16. The molecule has 2 aromatic carbocycles. The number of carbonyl (C=O) groups excluding carboxylic acids is 2. The molecule has 3 aromatic rings. The van der Waals surface area contributed by atoms with Crippen LogP contribution in [0.2, 0.25) is 0 Å². The molecule has 0 unspecified atom stereocenters. The van der Waals surface area contributed by atoms with E-state index in [1.807, 2.05) is 30.3 Å². The van der Waals surface area contributed by atoms with Crippen molar-refractivity contribution < 1.29 is 18.0 Å². The third-order valence-corrected chi connectivity index (χ3v) is 5.85. The SMILES string of the molecule is O=C(N[C@@H](Cc1ccccc1)C(=O)Cc1ccc(S(=O)(=O)Cl)cc1)c1cccnc1. The van der Waals surface area contributed by atoms with Gasteiger partial charge in [-0.3, -0.25) is 14.6 Å². The number of hydrogen-bond acceptors (Lipinski definition) is 5. The number of nitrogens with one attached hydrogen (secondary N) is 1. The largest absolute Gasteiger partial charge is 0.342 e. The molecule has 0 spiro atoms. The van der Waals surface area contributed by atoms with Gasteiger partial charge in [-0.1, -0.05) is 42.5 Å². The number of hydrogen-bond donors (Lipinski definition) is 1. The van der Waals surface area contributed by atoms with Crippen molar-refractivity contribution in [3.63, 3.8) is 0 Å². The zero-order valence-corrected chi connectivity index (χ0v) is 17.4. The maximum atomic E-state index is 13.0. The lowest BCUT2D eigenvalue weighted by atomic mass is 9.97. The summed E-state index contributed by atoms with van der Waals surface area (Å²) in [7, 11) is 1.50. The van der Waals surface area contributed by atoms with Crippen LogP contribution in [0.5, 0.6) is 0 Å². The molecular weight excluding hydrogens is 424 g/mol. The quantitative estimate of drug-likeness (QED) is 0.541. The fourth-order valence-corrected chi connectivity index (χ4v) is 3.70. The molecule has 1 N–H and O–H groups in total. The highest BCUT2D eigenvalue weighted by Gasteiger charge is 2.22. The van der Waals surface area contributed by atoms with Crippen molar-refractivity contribution in [2.24, 2.45) is 0 Å². The van der Waals surface area contributed by atoms with Crippen molar-refractivity contribution in [1.82, 2.24) is 10.3 Å². The number of pyridine rings is 1. The summed E-state index contributed by atoms with van der Waals surface area (Å²) in [6.07, 6.45) is 3.37. The van der Waals surface area contributed by atoms with E-state index < -0.39 is 15.1 Å². The normalized spacial score (nSPS) is 12.2. The van der Waals surface area contributed by atoms with E-state index in [0.29, 0.717) is 17.5 Å². The highest BCUT2D eigenvalue weighted by Crippen LogP contribution is 2.16. The van der Waals surface area contributed by atoms with Crippen LogP contribution in [-0.2, 0) is 26.7 Å².